The van der Waals surface area contributed by atoms with Crippen LogP contribution in [0.1, 0.15) is 0 Å². The summed E-state index contributed by atoms with van der Waals surface area (Å²) < 4.78 is 4.51. The molecule has 0 aliphatic rings. The van der Waals surface area contributed by atoms with Gasteiger partial charge in [-0.15, -0.1) is 12.4 Å². The Balaban J connectivity index is 0.00000161. The van der Waals surface area contributed by atoms with E-state index in [1.54, 1.807) is 4.57 Å². The van der Waals surface area contributed by atoms with E-state index in [1.165, 1.54) is 11.3 Å². The highest BCUT2D eigenvalue weighted by molar-refractivity contribution is 7.16. The molecule has 1 atom stereocenters. The fourth-order valence-electron chi connectivity index (χ4n) is 2.25. The summed E-state index contributed by atoms with van der Waals surface area (Å²) in [5.74, 6) is 0. The molecular weight excluding hydrogens is 308 g/mol. The molecule has 21 heavy (non-hydrogen) atoms. The maximum Gasteiger partial charge on any atom is 0.308 e. The lowest BCUT2D eigenvalue weighted by atomic mass is 10.3. The van der Waals surface area contributed by atoms with Gasteiger partial charge in [0.25, 0.3) is 0 Å². The van der Waals surface area contributed by atoms with E-state index in [0.29, 0.717) is 13.1 Å². The SMILES string of the molecule is Cl.O=c1sc2ccccc2n1CC(O)C[n+]1ccccc1. The summed E-state index contributed by atoms with van der Waals surface area (Å²) in [7, 11) is 0. The highest BCUT2D eigenvalue weighted by Gasteiger charge is 2.15. The lowest BCUT2D eigenvalue weighted by Crippen LogP contribution is -2.41. The molecule has 0 amide bonds. The van der Waals surface area contributed by atoms with Crippen molar-refractivity contribution in [3.05, 3.63) is 64.5 Å². The maximum atomic E-state index is 12.0. The van der Waals surface area contributed by atoms with Crippen molar-refractivity contribution in [3.63, 3.8) is 0 Å². The molecule has 0 spiro atoms. The number of aliphatic hydroxyl groups is 1. The van der Waals surface area contributed by atoms with E-state index in [4.69, 9.17) is 0 Å². The van der Waals surface area contributed by atoms with Gasteiger partial charge in [0.05, 0.1) is 16.8 Å². The monoisotopic (exact) mass is 323 g/mol. The second kappa shape index (κ2) is 6.85. The topological polar surface area (TPSA) is 46.1 Å². The second-order valence-electron chi connectivity index (χ2n) is 4.67. The third-order valence-electron chi connectivity index (χ3n) is 3.17. The predicted octanol–water partition coefficient (Wildman–Crippen LogP) is 1.83. The first-order valence-electron chi connectivity index (χ1n) is 6.44. The first-order chi connectivity index (χ1) is 9.74. The molecule has 2 aromatic heterocycles. The van der Waals surface area contributed by atoms with Crippen molar-refractivity contribution in [3.8, 4) is 0 Å². The number of hydrogen-bond acceptors (Lipinski definition) is 3. The van der Waals surface area contributed by atoms with Crippen molar-refractivity contribution >= 4 is 34.0 Å². The quantitative estimate of drug-likeness (QED) is 0.745. The van der Waals surface area contributed by atoms with Crippen LogP contribution in [0.25, 0.3) is 10.2 Å². The molecule has 1 unspecified atom stereocenters. The predicted molar refractivity (Wildman–Crippen MR) is 86.0 cm³/mol. The molecule has 110 valence electrons. The number of fused-ring (bicyclic) bond motifs is 1. The Morgan fingerprint density at radius 1 is 1.14 bits per heavy atom. The van der Waals surface area contributed by atoms with E-state index in [0.717, 1.165) is 10.2 Å². The summed E-state index contributed by atoms with van der Waals surface area (Å²) in [4.78, 5) is 12.0. The Morgan fingerprint density at radius 3 is 2.62 bits per heavy atom. The molecule has 0 aliphatic heterocycles. The second-order valence-corrected chi connectivity index (χ2v) is 5.67. The summed E-state index contributed by atoms with van der Waals surface area (Å²) >= 11 is 1.22. The fraction of sp³-hybridized carbons (Fsp3) is 0.200. The number of para-hydroxylation sites is 1. The first-order valence-corrected chi connectivity index (χ1v) is 7.26. The normalized spacial score (nSPS) is 12.0. The van der Waals surface area contributed by atoms with Crippen LogP contribution < -0.4 is 9.44 Å². The van der Waals surface area contributed by atoms with Crippen molar-refractivity contribution in [1.82, 2.24) is 4.57 Å². The van der Waals surface area contributed by atoms with Crippen molar-refractivity contribution in [2.75, 3.05) is 0 Å². The molecule has 2 heterocycles. The summed E-state index contributed by atoms with van der Waals surface area (Å²) in [5.41, 5.74) is 0.889. The number of pyridine rings is 1. The van der Waals surface area contributed by atoms with Gasteiger partial charge in [0.15, 0.2) is 18.9 Å². The van der Waals surface area contributed by atoms with Crippen LogP contribution in [0.2, 0.25) is 0 Å². The van der Waals surface area contributed by atoms with Crippen LogP contribution in [-0.4, -0.2) is 15.8 Å². The Kier molecular flexibility index (Phi) is 5.12. The number of aliphatic hydroxyl groups excluding tert-OH is 1. The minimum atomic E-state index is -0.599. The van der Waals surface area contributed by atoms with E-state index in [9.17, 15) is 9.90 Å². The number of benzene rings is 1. The fourth-order valence-corrected chi connectivity index (χ4v) is 3.16. The van der Waals surface area contributed by atoms with E-state index in [1.807, 2.05) is 59.4 Å². The molecule has 6 heteroatoms. The summed E-state index contributed by atoms with van der Waals surface area (Å²) in [6.45, 7) is 0.780. The van der Waals surface area contributed by atoms with Crippen molar-refractivity contribution in [2.45, 2.75) is 19.2 Å². The van der Waals surface area contributed by atoms with Gasteiger partial charge in [0.1, 0.15) is 6.10 Å². The van der Waals surface area contributed by atoms with Gasteiger partial charge in [-0.05, 0) is 12.1 Å². The zero-order chi connectivity index (χ0) is 13.9. The highest BCUT2D eigenvalue weighted by Crippen LogP contribution is 2.16. The summed E-state index contributed by atoms with van der Waals surface area (Å²) in [5, 5.41) is 10.2. The average molecular weight is 324 g/mol. The van der Waals surface area contributed by atoms with Gasteiger partial charge >= 0.3 is 4.87 Å². The Bertz CT molecular complexity index is 770. The molecule has 1 aromatic carbocycles. The number of aromatic nitrogens is 2. The number of rotatable bonds is 4. The lowest BCUT2D eigenvalue weighted by molar-refractivity contribution is -0.703. The van der Waals surface area contributed by atoms with Crippen LogP contribution in [0.3, 0.4) is 0 Å². The van der Waals surface area contributed by atoms with Crippen LogP contribution in [0.15, 0.2) is 59.7 Å². The Hall–Kier alpha value is -1.69. The van der Waals surface area contributed by atoms with Crippen molar-refractivity contribution in [2.24, 2.45) is 0 Å². The third-order valence-corrected chi connectivity index (χ3v) is 4.13. The molecule has 0 bridgehead atoms. The molecule has 0 saturated carbocycles. The average Bonchev–Trinajstić information content (AvgIpc) is 2.76. The van der Waals surface area contributed by atoms with Gasteiger partial charge in [-0.25, -0.2) is 4.57 Å². The minimum Gasteiger partial charge on any atom is -0.385 e. The largest absolute Gasteiger partial charge is 0.385 e. The van der Waals surface area contributed by atoms with Crippen LogP contribution in [0.5, 0.6) is 0 Å². The smallest absolute Gasteiger partial charge is 0.308 e. The first kappa shape index (κ1) is 15.7. The van der Waals surface area contributed by atoms with Crippen LogP contribution in [0, 0.1) is 0 Å². The molecule has 1 N–H and O–H groups in total. The van der Waals surface area contributed by atoms with Gasteiger partial charge < -0.3 is 5.11 Å². The van der Waals surface area contributed by atoms with Gasteiger partial charge in [0.2, 0.25) is 0 Å². The highest BCUT2D eigenvalue weighted by atomic mass is 35.5. The van der Waals surface area contributed by atoms with E-state index >= 15 is 0 Å². The maximum absolute atomic E-state index is 12.0. The molecule has 0 aliphatic carbocycles. The van der Waals surface area contributed by atoms with Gasteiger partial charge in [0, 0.05) is 12.1 Å². The molecular formula is C15H16ClN2O2S+. The van der Waals surface area contributed by atoms with Gasteiger partial charge in [-0.2, -0.15) is 0 Å². The van der Waals surface area contributed by atoms with Gasteiger partial charge in [-0.1, -0.05) is 29.5 Å². The van der Waals surface area contributed by atoms with E-state index in [-0.39, 0.29) is 17.3 Å². The molecule has 3 aromatic rings. The minimum absolute atomic E-state index is 0. The third kappa shape index (κ3) is 3.50. The molecule has 3 rings (SSSR count). The molecule has 0 fully saturated rings. The number of nitrogens with zero attached hydrogens (tertiary/aromatic N) is 2. The van der Waals surface area contributed by atoms with E-state index in [2.05, 4.69) is 0 Å². The zero-order valence-electron chi connectivity index (χ0n) is 11.3. The Labute approximate surface area is 132 Å². The molecule has 0 radical (unpaired) electrons. The lowest BCUT2D eigenvalue weighted by Gasteiger charge is -2.08. The van der Waals surface area contributed by atoms with Crippen LogP contribution in [-0.2, 0) is 13.1 Å². The summed E-state index contributed by atoms with van der Waals surface area (Å²) in [6.07, 6.45) is 3.20. The van der Waals surface area contributed by atoms with Crippen molar-refractivity contribution in [1.29, 1.82) is 0 Å². The Morgan fingerprint density at radius 2 is 1.86 bits per heavy atom. The van der Waals surface area contributed by atoms with Crippen molar-refractivity contribution < 1.29 is 9.67 Å². The molecule has 4 nitrogen and oxygen atoms in total. The number of thiazole rings is 1. The van der Waals surface area contributed by atoms with Gasteiger partial charge in [-0.3, -0.25) is 9.36 Å². The standard InChI is InChI=1S/C15H15N2O2S.ClH/c18-12(10-16-8-4-1-5-9-16)11-17-13-6-2-3-7-14(13)20-15(17)19;/h1-9,12,18H,10-11H2;1H/q+1;. The zero-order valence-corrected chi connectivity index (χ0v) is 12.9. The van der Waals surface area contributed by atoms with E-state index < -0.39 is 6.10 Å². The number of halogens is 1. The van der Waals surface area contributed by atoms with Crippen LogP contribution >= 0.6 is 23.7 Å². The summed E-state index contributed by atoms with van der Waals surface area (Å²) in [6, 6.07) is 13.4. The number of hydrogen-bond donors (Lipinski definition) is 1. The molecule has 0 saturated heterocycles. The van der Waals surface area contributed by atoms with Crippen LogP contribution in [0.4, 0.5) is 0 Å².